The number of phenols is 2. The first-order valence-electron chi connectivity index (χ1n) is 21.6. The topological polar surface area (TPSA) is 276 Å². The Labute approximate surface area is 395 Å². The van der Waals surface area contributed by atoms with E-state index in [2.05, 4.69) is 36.6 Å². The summed E-state index contributed by atoms with van der Waals surface area (Å²) >= 11 is 4.91. The number of ether oxygens (including phenoxy) is 4. The summed E-state index contributed by atoms with van der Waals surface area (Å²) in [5.74, 6) is -6.48. The summed E-state index contributed by atoms with van der Waals surface area (Å²) in [6, 6.07) is 7.80. The van der Waals surface area contributed by atoms with Gasteiger partial charge in [-0.3, -0.25) is 23.9 Å². The van der Waals surface area contributed by atoms with Crippen LogP contribution < -0.4 is 26.0 Å². The standard InChI is InChI=1S/C45H43F2N9O12S/c1-2-44(40(62)51-42(69)52-41(44)63)8-3-5-25-22-56(54-53-25)11-4-9-48-37(59)16-26-21-55(23-50-26)43(64)66-14-13-65-12-10-49-38(60)24-6-7-28-27(15-24)39(61)68-45(28)29-17-31(46)33(57)19-35(29)67-36-20-34(58)32(47)18-30(36)45/h6-7,15,17-23,57-58H,2-5,8-14,16H2,1H3,(H,48,59)(H,49,60)(H2,51,52,62,63,69). The lowest BCUT2D eigenvalue weighted by molar-refractivity contribution is -0.144. The average molecular weight is 972 g/mol. The number of phenolic OH excluding ortho intramolecular Hbond substituents is 2. The lowest BCUT2D eigenvalue weighted by atomic mass is 9.77. The second-order valence-corrected chi connectivity index (χ2v) is 16.6. The number of aromatic nitrogens is 5. The van der Waals surface area contributed by atoms with Gasteiger partial charge in [0.05, 0.1) is 47.7 Å². The fourth-order valence-corrected chi connectivity index (χ4v) is 8.46. The molecule has 3 aliphatic rings. The Kier molecular flexibility index (Phi) is 13.6. The zero-order chi connectivity index (χ0) is 49.0. The van der Waals surface area contributed by atoms with Crippen molar-refractivity contribution in [3.05, 3.63) is 112 Å². The van der Waals surface area contributed by atoms with Crippen LogP contribution in [-0.2, 0) is 53.6 Å². The highest BCUT2D eigenvalue weighted by Crippen LogP contribution is 2.57. The molecule has 5 aromatic rings. The Balaban J connectivity index is 0.726. The van der Waals surface area contributed by atoms with Crippen LogP contribution in [0.4, 0.5) is 13.6 Å². The zero-order valence-electron chi connectivity index (χ0n) is 36.6. The van der Waals surface area contributed by atoms with Gasteiger partial charge in [-0.1, -0.05) is 18.2 Å². The van der Waals surface area contributed by atoms with Crippen LogP contribution >= 0.6 is 12.2 Å². The molecule has 21 nitrogen and oxygen atoms in total. The molecule has 5 heterocycles. The van der Waals surface area contributed by atoms with E-state index in [-0.39, 0.29) is 83.1 Å². The maximum atomic E-state index is 14.7. The van der Waals surface area contributed by atoms with Crippen molar-refractivity contribution in [2.45, 2.75) is 57.6 Å². The van der Waals surface area contributed by atoms with E-state index in [4.69, 9.17) is 31.2 Å². The average Bonchev–Trinajstić information content (AvgIpc) is 4.05. The Morgan fingerprint density at radius 2 is 1.58 bits per heavy atom. The number of hydrogen-bond donors (Lipinski definition) is 6. The number of imidazole rings is 1. The van der Waals surface area contributed by atoms with Crippen molar-refractivity contribution in [3.63, 3.8) is 0 Å². The molecule has 24 heteroatoms. The second-order valence-electron chi connectivity index (χ2n) is 16.2. The van der Waals surface area contributed by atoms with Gasteiger partial charge in [-0.2, -0.15) is 0 Å². The highest BCUT2D eigenvalue weighted by molar-refractivity contribution is 7.80. The molecule has 3 aromatic carbocycles. The Morgan fingerprint density at radius 1 is 0.870 bits per heavy atom. The molecule has 1 fully saturated rings. The van der Waals surface area contributed by atoms with Gasteiger partial charge >= 0.3 is 12.1 Å². The van der Waals surface area contributed by atoms with E-state index in [1.165, 1.54) is 30.7 Å². The van der Waals surface area contributed by atoms with Crippen LogP contribution in [0.15, 0.2) is 61.2 Å². The number of nitrogens with one attached hydrogen (secondary N) is 4. The summed E-state index contributed by atoms with van der Waals surface area (Å²) in [5, 5.41) is 38.9. The normalized spacial score (nSPS) is 15.0. The van der Waals surface area contributed by atoms with Crippen LogP contribution in [0.25, 0.3) is 0 Å². The van der Waals surface area contributed by atoms with Crippen LogP contribution in [0.1, 0.15) is 81.4 Å². The van der Waals surface area contributed by atoms with E-state index < -0.39 is 63.9 Å². The van der Waals surface area contributed by atoms with E-state index in [0.717, 1.165) is 28.8 Å². The summed E-state index contributed by atoms with van der Waals surface area (Å²) < 4.78 is 54.5. The maximum Gasteiger partial charge on any atom is 0.419 e. The fourth-order valence-electron chi connectivity index (χ4n) is 8.27. The molecule has 0 radical (unpaired) electrons. The van der Waals surface area contributed by atoms with E-state index in [1.54, 1.807) is 17.8 Å². The number of thiocarbonyl (C=S) groups is 1. The van der Waals surface area contributed by atoms with E-state index in [1.807, 2.05) is 0 Å². The third kappa shape index (κ3) is 9.65. The molecule has 8 rings (SSSR count). The number of amides is 4. The van der Waals surface area contributed by atoms with Gasteiger partial charge in [0.1, 0.15) is 29.8 Å². The molecule has 0 saturated carbocycles. The number of rotatable bonds is 18. The van der Waals surface area contributed by atoms with E-state index in [9.17, 15) is 47.8 Å². The zero-order valence-corrected chi connectivity index (χ0v) is 37.5. The molecule has 1 spiro atoms. The van der Waals surface area contributed by atoms with Crippen molar-refractivity contribution in [2.75, 3.05) is 32.9 Å². The molecule has 69 heavy (non-hydrogen) atoms. The third-order valence-electron chi connectivity index (χ3n) is 11.8. The number of halogens is 2. The van der Waals surface area contributed by atoms with Gasteiger partial charge < -0.3 is 50.4 Å². The number of carbonyl (C=O) groups is 6. The molecule has 6 N–H and O–H groups in total. The van der Waals surface area contributed by atoms with Crippen molar-refractivity contribution in [1.29, 1.82) is 0 Å². The molecule has 1 saturated heterocycles. The number of nitrogens with zero attached hydrogens (tertiary/aromatic N) is 5. The minimum Gasteiger partial charge on any atom is -0.505 e. The molecule has 0 atom stereocenters. The fraction of sp³-hybridized carbons (Fsp3) is 0.333. The number of aromatic hydroxyl groups is 2. The molecule has 2 aromatic heterocycles. The lowest BCUT2D eigenvalue weighted by Crippen LogP contribution is -2.62. The van der Waals surface area contributed by atoms with Gasteiger partial charge in [-0.25, -0.2) is 27.9 Å². The van der Waals surface area contributed by atoms with Gasteiger partial charge in [0.2, 0.25) is 17.7 Å². The summed E-state index contributed by atoms with van der Waals surface area (Å²) in [5.41, 5.74) is -2.10. The number of benzene rings is 3. The van der Waals surface area contributed by atoms with Crippen LogP contribution in [0.2, 0.25) is 0 Å². The van der Waals surface area contributed by atoms with Gasteiger partial charge in [-0.15, -0.1) is 5.10 Å². The van der Waals surface area contributed by atoms with Gasteiger partial charge in [0, 0.05) is 55.3 Å². The third-order valence-corrected chi connectivity index (χ3v) is 12.0. The van der Waals surface area contributed by atoms with Crippen molar-refractivity contribution in [1.82, 2.24) is 45.8 Å². The first kappa shape index (κ1) is 47.6. The summed E-state index contributed by atoms with van der Waals surface area (Å²) in [6.45, 7) is 2.49. The van der Waals surface area contributed by atoms with Crippen LogP contribution in [-0.4, -0.2) is 108 Å². The molecule has 0 aliphatic carbocycles. The van der Waals surface area contributed by atoms with Gasteiger partial charge in [-0.05, 0) is 68.6 Å². The molecule has 3 aliphatic heterocycles. The van der Waals surface area contributed by atoms with E-state index in [0.29, 0.717) is 56.6 Å². The minimum absolute atomic E-state index is 0.00557. The quantitative estimate of drug-likeness (QED) is 0.0318. The monoisotopic (exact) mass is 971 g/mol. The molecule has 0 bridgehead atoms. The Bertz CT molecular complexity index is 2830. The predicted molar refractivity (Wildman–Crippen MR) is 236 cm³/mol. The number of esters is 1. The van der Waals surface area contributed by atoms with Crippen LogP contribution in [0.3, 0.4) is 0 Å². The Morgan fingerprint density at radius 3 is 2.28 bits per heavy atom. The number of carbonyl (C=O) groups excluding carboxylic acids is 6. The molecule has 360 valence electrons. The maximum absolute atomic E-state index is 14.7. The molecule has 0 unspecified atom stereocenters. The van der Waals surface area contributed by atoms with Gasteiger partial charge in [0.25, 0.3) is 5.91 Å². The van der Waals surface area contributed by atoms with Crippen molar-refractivity contribution >= 4 is 53.0 Å². The smallest absolute Gasteiger partial charge is 0.419 e. The van der Waals surface area contributed by atoms with Crippen LogP contribution in [0, 0.1) is 17.0 Å². The van der Waals surface area contributed by atoms with Crippen molar-refractivity contribution < 1.29 is 66.7 Å². The molecular formula is C45H43F2N9O12S. The molecule has 4 amide bonds. The highest BCUT2D eigenvalue weighted by atomic mass is 32.1. The summed E-state index contributed by atoms with van der Waals surface area (Å²) in [7, 11) is 0. The number of fused-ring (bicyclic) bond motifs is 6. The first-order valence-corrected chi connectivity index (χ1v) is 22.0. The van der Waals surface area contributed by atoms with Crippen molar-refractivity contribution in [3.8, 4) is 23.0 Å². The second kappa shape index (κ2) is 19.8. The summed E-state index contributed by atoms with van der Waals surface area (Å²) in [6.07, 6.45) is 5.78. The summed E-state index contributed by atoms with van der Waals surface area (Å²) in [4.78, 5) is 80.8. The van der Waals surface area contributed by atoms with Crippen molar-refractivity contribution in [2.24, 2.45) is 5.41 Å². The van der Waals surface area contributed by atoms with Crippen LogP contribution in [0.5, 0.6) is 23.0 Å². The minimum atomic E-state index is -1.95. The molecular weight excluding hydrogens is 929 g/mol. The first-order chi connectivity index (χ1) is 33.1. The largest absolute Gasteiger partial charge is 0.505 e. The number of hydrogen-bond acceptors (Lipinski definition) is 16. The van der Waals surface area contributed by atoms with Gasteiger partial charge in [0.15, 0.2) is 33.8 Å². The predicted octanol–water partition coefficient (Wildman–Crippen LogP) is 3.16. The SMILES string of the molecule is CCC1(CCCc2cn(CCCNC(=O)Cc3cn(C(=O)OCCOCCNC(=O)c4ccc5c(c4)C(=O)OC54c5cc(F)c(O)cc5Oc5cc(O)c(F)cc54)cn3)nn2)C(=O)NC(=S)NC1=O. The highest BCUT2D eigenvalue weighted by Gasteiger charge is 2.54. The Hall–Kier alpha value is -7.86. The van der Waals surface area contributed by atoms with E-state index >= 15 is 0 Å². The number of aryl methyl sites for hydroxylation is 2. The lowest BCUT2D eigenvalue weighted by Gasteiger charge is -2.36.